The molecule has 0 fully saturated rings. The highest BCUT2D eigenvalue weighted by molar-refractivity contribution is 14.1. The lowest BCUT2D eigenvalue weighted by atomic mass is 10.1. The summed E-state index contributed by atoms with van der Waals surface area (Å²) in [5.41, 5.74) is 5.17. The molecule has 0 aliphatic carbocycles. The van der Waals surface area contributed by atoms with Crippen molar-refractivity contribution in [2.24, 2.45) is 0 Å². The van der Waals surface area contributed by atoms with Gasteiger partial charge in [0.15, 0.2) is 0 Å². The highest BCUT2D eigenvalue weighted by Gasteiger charge is 2.02. The fraction of sp³-hybridized carbons (Fsp3) is 0.333. The molecule has 0 saturated heterocycles. The van der Waals surface area contributed by atoms with Crippen LogP contribution in [0.5, 0.6) is 0 Å². The van der Waals surface area contributed by atoms with Gasteiger partial charge in [-0.3, -0.25) is 0 Å². The average Bonchev–Trinajstić information content (AvgIpc) is 2.01. The van der Waals surface area contributed by atoms with Gasteiger partial charge in [-0.1, -0.05) is 24.3 Å². The number of hydrogen-bond acceptors (Lipinski definition) is 1. The van der Waals surface area contributed by atoms with Crippen molar-refractivity contribution in [2.45, 2.75) is 20.8 Å². The van der Waals surface area contributed by atoms with Gasteiger partial charge < -0.3 is 5.32 Å². The molecule has 0 aromatic heterocycles. The van der Waals surface area contributed by atoms with Crippen LogP contribution in [-0.2, 0) is 0 Å². The second-order valence-electron chi connectivity index (χ2n) is 3.64. The second kappa shape index (κ2) is 4.82. The van der Waals surface area contributed by atoms with Crippen molar-refractivity contribution < 1.29 is 0 Å². The minimum atomic E-state index is 0.839. The van der Waals surface area contributed by atoms with E-state index in [4.69, 9.17) is 0 Å². The molecule has 0 aliphatic heterocycles. The molecule has 1 N–H and O–H groups in total. The summed E-state index contributed by atoms with van der Waals surface area (Å²) >= 11 is 2.24. The lowest BCUT2D eigenvalue weighted by molar-refractivity contribution is 1.24. The molecule has 0 saturated carbocycles. The number of aryl methyl sites for hydroxylation is 3. The third kappa shape index (κ3) is 3.01. The van der Waals surface area contributed by atoms with Gasteiger partial charge >= 0.3 is 0 Å². The summed E-state index contributed by atoms with van der Waals surface area (Å²) in [6, 6.07) is 4.40. The summed E-state index contributed by atoms with van der Waals surface area (Å²) in [5, 5.41) is 3.40. The Balaban J connectivity index is 2.91. The van der Waals surface area contributed by atoms with Gasteiger partial charge in [0.25, 0.3) is 0 Å². The molecule has 76 valence electrons. The molecular formula is C12H16IN. The highest BCUT2D eigenvalue weighted by Crippen LogP contribution is 2.22. The van der Waals surface area contributed by atoms with Gasteiger partial charge in [0.1, 0.15) is 0 Å². The van der Waals surface area contributed by atoms with Crippen molar-refractivity contribution in [1.29, 1.82) is 0 Å². The average molecular weight is 301 g/mol. The van der Waals surface area contributed by atoms with Gasteiger partial charge in [-0.05, 0) is 54.5 Å². The topological polar surface area (TPSA) is 12.0 Å². The molecule has 0 aliphatic rings. The van der Waals surface area contributed by atoms with Crippen molar-refractivity contribution in [3.63, 3.8) is 0 Å². The molecule has 0 radical (unpaired) electrons. The van der Waals surface area contributed by atoms with E-state index in [0.717, 1.165) is 10.1 Å². The van der Waals surface area contributed by atoms with Crippen molar-refractivity contribution in [2.75, 3.05) is 11.9 Å². The van der Waals surface area contributed by atoms with Crippen LogP contribution in [0, 0.1) is 20.8 Å². The first-order valence-electron chi connectivity index (χ1n) is 4.65. The summed E-state index contributed by atoms with van der Waals surface area (Å²) in [6.45, 7) is 11.1. The minimum Gasteiger partial charge on any atom is -0.380 e. The van der Waals surface area contributed by atoms with E-state index in [1.165, 1.54) is 22.4 Å². The van der Waals surface area contributed by atoms with E-state index in [0.29, 0.717) is 0 Å². The molecule has 1 aromatic rings. The Kier molecular flexibility index (Phi) is 3.98. The van der Waals surface area contributed by atoms with Crippen LogP contribution in [0.2, 0.25) is 0 Å². The van der Waals surface area contributed by atoms with Crippen LogP contribution in [0.4, 0.5) is 5.69 Å². The lowest BCUT2D eigenvalue weighted by Crippen LogP contribution is -2.04. The first-order chi connectivity index (χ1) is 6.50. The maximum absolute atomic E-state index is 3.87. The fourth-order valence-corrected chi connectivity index (χ4v) is 1.83. The number of benzene rings is 1. The summed E-state index contributed by atoms with van der Waals surface area (Å²) in [6.07, 6.45) is 0. The zero-order valence-electron chi connectivity index (χ0n) is 8.95. The lowest BCUT2D eigenvalue weighted by Gasteiger charge is -2.13. The van der Waals surface area contributed by atoms with Crippen molar-refractivity contribution in [1.82, 2.24) is 0 Å². The Hall–Kier alpha value is -0.510. The van der Waals surface area contributed by atoms with Gasteiger partial charge in [0.2, 0.25) is 0 Å². The standard InChI is InChI=1S/C12H16IN/c1-8-5-9(2)12(10(3)6-8)14-7-11(4)13/h5-6,14H,4,7H2,1-3H3. The maximum Gasteiger partial charge on any atom is 0.0452 e. The Morgan fingerprint density at radius 3 is 2.21 bits per heavy atom. The number of hydrogen-bond donors (Lipinski definition) is 1. The van der Waals surface area contributed by atoms with Gasteiger partial charge in [-0.15, -0.1) is 0 Å². The molecule has 0 heterocycles. The van der Waals surface area contributed by atoms with Crippen LogP contribution in [0.15, 0.2) is 22.3 Å². The number of rotatable bonds is 3. The Bertz CT molecular complexity index is 332. The molecule has 1 nitrogen and oxygen atoms in total. The van der Waals surface area contributed by atoms with E-state index < -0.39 is 0 Å². The molecule has 2 heteroatoms. The Labute approximate surface area is 99.7 Å². The predicted octanol–water partition coefficient (Wildman–Crippen LogP) is 3.97. The smallest absolute Gasteiger partial charge is 0.0452 e. The largest absolute Gasteiger partial charge is 0.380 e. The summed E-state index contributed by atoms with van der Waals surface area (Å²) in [7, 11) is 0. The van der Waals surface area contributed by atoms with Crippen LogP contribution < -0.4 is 5.32 Å². The summed E-state index contributed by atoms with van der Waals surface area (Å²) in [5.74, 6) is 0. The van der Waals surface area contributed by atoms with E-state index in [2.05, 4.69) is 67.4 Å². The van der Waals surface area contributed by atoms with Gasteiger partial charge in [0.05, 0.1) is 0 Å². The Morgan fingerprint density at radius 2 is 1.79 bits per heavy atom. The van der Waals surface area contributed by atoms with Crippen LogP contribution in [-0.4, -0.2) is 6.54 Å². The van der Waals surface area contributed by atoms with Crippen LogP contribution >= 0.6 is 22.6 Å². The minimum absolute atomic E-state index is 0.839. The molecule has 1 aromatic carbocycles. The molecular weight excluding hydrogens is 285 g/mol. The first kappa shape index (κ1) is 11.6. The van der Waals surface area contributed by atoms with Crippen molar-refractivity contribution >= 4 is 28.3 Å². The van der Waals surface area contributed by atoms with Gasteiger partial charge in [-0.25, -0.2) is 0 Å². The van der Waals surface area contributed by atoms with Crippen LogP contribution in [0.3, 0.4) is 0 Å². The highest BCUT2D eigenvalue weighted by atomic mass is 127. The molecule has 0 unspecified atom stereocenters. The molecule has 14 heavy (non-hydrogen) atoms. The SMILES string of the molecule is C=C(I)CNc1c(C)cc(C)cc1C. The third-order valence-corrected chi connectivity index (χ3v) is 2.52. The van der Waals surface area contributed by atoms with Gasteiger partial charge in [-0.2, -0.15) is 0 Å². The van der Waals surface area contributed by atoms with Crippen LogP contribution in [0.1, 0.15) is 16.7 Å². The normalized spacial score (nSPS) is 10.0. The summed E-state index contributed by atoms with van der Waals surface area (Å²) < 4.78 is 1.13. The fourth-order valence-electron chi connectivity index (χ4n) is 1.64. The van der Waals surface area contributed by atoms with Crippen molar-refractivity contribution in [3.05, 3.63) is 39.0 Å². The first-order valence-corrected chi connectivity index (χ1v) is 5.73. The second-order valence-corrected chi connectivity index (χ2v) is 5.17. The molecule has 1 rings (SSSR count). The number of nitrogens with one attached hydrogen (secondary N) is 1. The molecule has 0 atom stereocenters. The van der Waals surface area contributed by atoms with Crippen molar-refractivity contribution in [3.8, 4) is 0 Å². The van der Waals surface area contributed by atoms with Gasteiger partial charge in [0, 0.05) is 15.8 Å². The molecule has 0 amide bonds. The molecule has 0 bridgehead atoms. The third-order valence-electron chi connectivity index (χ3n) is 2.13. The maximum atomic E-state index is 3.87. The zero-order valence-corrected chi connectivity index (χ0v) is 11.1. The van der Waals surface area contributed by atoms with E-state index in [1.807, 2.05) is 0 Å². The van der Waals surface area contributed by atoms with Crippen LogP contribution in [0.25, 0.3) is 0 Å². The number of anilines is 1. The Morgan fingerprint density at radius 1 is 1.29 bits per heavy atom. The quantitative estimate of drug-likeness (QED) is 0.833. The van der Waals surface area contributed by atoms with E-state index in [9.17, 15) is 0 Å². The zero-order chi connectivity index (χ0) is 10.7. The van der Waals surface area contributed by atoms with E-state index >= 15 is 0 Å². The molecule has 0 spiro atoms. The van der Waals surface area contributed by atoms with E-state index in [1.54, 1.807) is 0 Å². The summed E-state index contributed by atoms with van der Waals surface area (Å²) in [4.78, 5) is 0. The monoisotopic (exact) mass is 301 g/mol. The van der Waals surface area contributed by atoms with E-state index in [-0.39, 0.29) is 0 Å². The number of halogens is 1. The predicted molar refractivity (Wildman–Crippen MR) is 72.3 cm³/mol.